The lowest BCUT2D eigenvalue weighted by molar-refractivity contribution is 0.0949. The summed E-state index contributed by atoms with van der Waals surface area (Å²) in [5.41, 5.74) is 1.04. The summed E-state index contributed by atoms with van der Waals surface area (Å²) in [4.78, 5) is 24.4. The number of carbonyl (C=O) groups excluding carboxylic acids is 1. The molecule has 0 spiro atoms. The fourth-order valence-electron chi connectivity index (χ4n) is 2.02. The van der Waals surface area contributed by atoms with Crippen LogP contribution < -0.4 is 10.9 Å². The molecule has 2 N–H and O–H groups in total. The molecule has 0 saturated carbocycles. The molecule has 1 amide bonds. The summed E-state index contributed by atoms with van der Waals surface area (Å²) in [6.45, 7) is 2.06. The molecule has 0 bridgehead atoms. The molecule has 7 heteroatoms. The van der Waals surface area contributed by atoms with Gasteiger partial charge in [0.05, 0.1) is 0 Å². The van der Waals surface area contributed by atoms with Crippen LogP contribution in [-0.4, -0.2) is 20.6 Å². The monoisotopic (exact) mass is 315 g/mol. The quantitative estimate of drug-likeness (QED) is 0.770. The first kappa shape index (κ1) is 14.3. The lowest BCUT2D eigenvalue weighted by atomic mass is 10.2. The number of nitrogens with one attached hydrogen (secondary N) is 1. The van der Waals surface area contributed by atoms with Crippen molar-refractivity contribution < 1.29 is 9.90 Å². The molecule has 2 aromatic heterocycles. The van der Waals surface area contributed by atoms with Crippen molar-refractivity contribution in [3.8, 4) is 5.75 Å². The standard InChI is InChI=1S/C15H13N3O3S/c1-9-11(19)7-12(20)18-15(9)22-14(17-18)13(21)16-8-10-5-3-2-4-6-10/h2-7,19H,8H2,1H3,(H,16,21). The molecule has 0 radical (unpaired) electrons. The third-order valence-corrected chi connectivity index (χ3v) is 4.37. The SMILES string of the molecule is Cc1c(O)cc(=O)n2nc(C(=O)NCc3ccccc3)sc12. The maximum Gasteiger partial charge on any atom is 0.282 e. The third-order valence-electron chi connectivity index (χ3n) is 3.24. The van der Waals surface area contributed by atoms with Crippen molar-refractivity contribution in [1.82, 2.24) is 14.9 Å². The predicted octanol–water partition coefficient (Wildman–Crippen LogP) is 1.70. The number of nitrogens with zero attached hydrogens (tertiary/aromatic N) is 2. The lowest BCUT2D eigenvalue weighted by Crippen LogP contribution is -2.23. The Kier molecular flexibility index (Phi) is 3.64. The van der Waals surface area contributed by atoms with Gasteiger partial charge in [0.1, 0.15) is 10.6 Å². The Labute approximate surface area is 129 Å². The maximum atomic E-state index is 12.2. The lowest BCUT2D eigenvalue weighted by Gasteiger charge is -2.02. The van der Waals surface area contributed by atoms with Gasteiger partial charge in [0.15, 0.2) is 0 Å². The Balaban J connectivity index is 1.87. The zero-order valence-corrected chi connectivity index (χ0v) is 12.6. The molecule has 2 heterocycles. The summed E-state index contributed by atoms with van der Waals surface area (Å²) >= 11 is 1.08. The summed E-state index contributed by atoms with van der Waals surface area (Å²) in [5.74, 6) is -0.444. The number of aromatic hydroxyl groups is 1. The Morgan fingerprint density at radius 2 is 2.09 bits per heavy atom. The first-order chi connectivity index (χ1) is 10.6. The number of benzene rings is 1. The molecule has 0 unspecified atom stereocenters. The summed E-state index contributed by atoms with van der Waals surface area (Å²) in [6, 6.07) is 10.6. The van der Waals surface area contributed by atoms with Crippen LogP contribution in [0.3, 0.4) is 0 Å². The van der Waals surface area contributed by atoms with Gasteiger partial charge in [0.2, 0.25) is 5.01 Å². The second-order valence-electron chi connectivity index (χ2n) is 4.79. The van der Waals surface area contributed by atoms with Crippen LogP contribution >= 0.6 is 11.3 Å². The normalized spacial score (nSPS) is 10.8. The highest BCUT2D eigenvalue weighted by molar-refractivity contribution is 7.19. The molecule has 0 atom stereocenters. The number of amides is 1. The van der Waals surface area contributed by atoms with Crippen molar-refractivity contribution in [2.75, 3.05) is 0 Å². The second-order valence-corrected chi connectivity index (χ2v) is 5.76. The van der Waals surface area contributed by atoms with E-state index in [0.29, 0.717) is 16.9 Å². The van der Waals surface area contributed by atoms with Crippen LogP contribution in [0.15, 0.2) is 41.2 Å². The molecular formula is C15H13N3O3S. The fraction of sp³-hybridized carbons (Fsp3) is 0.133. The van der Waals surface area contributed by atoms with Crippen molar-refractivity contribution in [2.45, 2.75) is 13.5 Å². The molecule has 0 saturated heterocycles. The molecule has 3 aromatic rings. The van der Waals surface area contributed by atoms with E-state index in [1.165, 1.54) is 0 Å². The van der Waals surface area contributed by atoms with Crippen LogP contribution in [0.4, 0.5) is 0 Å². The zero-order chi connectivity index (χ0) is 15.7. The van der Waals surface area contributed by atoms with E-state index in [4.69, 9.17) is 0 Å². The number of pyridine rings is 1. The summed E-state index contributed by atoms with van der Waals surface area (Å²) in [6.07, 6.45) is 0. The number of carbonyl (C=O) groups is 1. The van der Waals surface area contributed by atoms with Crippen LogP contribution in [0.2, 0.25) is 0 Å². The average Bonchev–Trinajstić information content (AvgIpc) is 2.97. The largest absolute Gasteiger partial charge is 0.507 e. The molecule has 0 aliphatic carbocycles. The summed E-state index contributed by atoms with van der Waals surface area (Å²) in [5, 5.41) is 16.6. The van der Waals surface area contributed by atoms with Gasteiger partial charge < -0.3 is 10.4 Å². The Morgan fingerprint density at radius 3 is 2.82 bits per heavy atom. The minimum absolute atomic E-state index is 0.0927. The number of fused-ring (bicyclic) bond motifs is 1. The molecule has 0 aliphatic heterocycles. The van der Waals surface area contributed by atoms with Crippen LogP contribution in [0.25, 0.3) is 4.83 Å². The highest BCUT2D eigenvalue weighted by atomic mass is 32.1. The van der Waals surface area contributed by atoms with Gasteiger partial charge in [-0.2, -0.15) is 4.52 Å². The molecule has 112 valence electrons. The van der Waals surface area contributed by atoms with E-state index in [9.17, 15) is 14.7 Å². The summed E-state index contributed by atoms with van der Waals surface area (Å²) in [7, 11) is 0. The van der Waals surface area contributed by atoms with Gasteiger partial charge in [0, 0.05) is 18.2 Å². The highest BCUT2D eigenvalue weighted by Gasteiger charge is 2.16. The van der Waals surface area contributed by atoms with E-state index in [-0.39, 0.29) is 16.7 Å². The molecular weight excluding hydrogens is 302 g/mol. The summed E-state index contributed by atoms with van der Waals surface area (Å²) < 4.78 is 1.14. The Morgan fingerprint density at radius 1 is 1.36 bits per heavy atom. The number of hydrogen-bond acceptors (Lipinski definition) is 5. The van der Waals surface area contributed by atoms with Crippen LogP contribution in [0.5, 0.6) is 5.75 Å². The number of hydrogen-bond donors (Lipinski definition) is 2. The molecule has 6 nitrogen and oxygen atoms in total. The van der Waals surface area contributed by atoms with E-state index >= 15 is 0 Å². The van der Waals surface area contributed by atoms with E-state index in [1.54, 1.807) is 6.92 Å². The van der Waals surface area contributed by atoms with Crippen LogP contribution in [-0.2, 0) is 6.54 Å². The van der Waals surface area contributed by atoms with E-state index in [2.05, 4.69) is 10.4 Å². The van der Waals surface area contributed by atoms with E-state index < -0.39 is 5.56 Å². The van der Waals surface area contributed by atoms with Crippen molar-refractivity contribution >= 4 is 22.1 Å². The van der Waals surface area contributed by atoms with E-state index in [1.807, 2.05) is 30.3 Å². The van der Waals surface area contributed by atoms with Crippen LogP contribution in [0, 0.1) is 6.92 Å². The minimum atomic E-state index is -0.462. The Hall–Kier alpha value is -2.67. The van der Waals surface area contributed by atoms with Gasteiger partial charge >= 0.3 is 0 Å². The molecule has 3 rings (SSSR count). The molecule has 0 aliphatic rings. The van der Waals surface area contributed by atoms with Gasteiger partial charge in [-0.3, -0.25) is 9.59 Å². The molecule has 1 aromatic carbocycles. The Bertz CT molecular complexity index is 900. The number of aryl methyl sites for hydroxylation is 1. The predicted molar refractivity (Wildman–Crippen MR) is 83.4 cm³/mol. The van der Waals surface area contributed by atoms with Gasteiger partial charge in [-0.05, 0) is 12.5 Å². The minimum Gasteiger partial charge on any atom is -0.507 e. The van der Waals surface area contributed by atoms with Crippen molar-refractivity contribution in [3.63, 3.8) is 0 Å². The van der Waals surface area contributed by atoms with Crippen molar-refractivity contribution in [2.24, 2.45) is 0 Å². The smallest absolute Gasteiger partial charge is 0.282 e. The third kappa shape index (κ3) is 2.58. The first-order valence-electron chi connectivity index (χ1n) is 6.61. The van der Waals surface area contributed by atoms with Gasteiger partial charge in [-0.1, -0.05) is 41.7 Å². The average molecular weight is 315 g/mol. The first-order valence-corrected chi connectivity index (χ1v) is 7.42. The number of rotatable bonds is 3. The van der Waals surface area contributed by atoms with Gasteiger partial charge in [-0.15, -0.1) is 5.10 Å². The second kappa shape index (κ2) is 5.61. The van der Waals surface area contributed by atoms with Gasteiger partial charge in [0.25, 0.3) is 11.5 Å². The van der Waals surface area contributed by atoms with Crippen LogP contribution in [0.1, 0.15) is 20.9 Å². The molecule has 0 fully saturated rings. The molecule has 22 heavy (non-hydrogen) atoms. The maximum absolute atomic E-state index is 12.2. The highest BCUT2D eigenvalue weighted by Crippen LogP contribution is 2.23. The van der Waals surface area contributed by atoms with Crippen molar-refractivity contribution in [1.29, 1.82) is 0 Å². The van der Waals surface area contributed by atoms with Gasteiger partial charge in [-0.25, -0.2) is 0 Å². The number of aromatic nitrogens is 2. The van der Waals surface area contributed by atoms with E-state index in [0.717, 1.165) is 27.5 Å². The fourth-order valence-corrected chi connectivity index (χ4v) is 2.96. The topological polar surface area (TPSA) is 83.7 Å². The van der Waals surface area contributed by atoms with Crippen molar-refractivity contribution in [3.05, 3.63) is 62.9 Å². The zero-order valence-electron chi connectivity index (χ0n) is 11.7.